The van der Waals surface area contributed by atoms with Crippen LogP contribution in [0.4, 0.5) is 0 Å². The molecule has 0 rings (SSSR count). The molecule has 0 heterocycles. The van der Waals surface area contributed by atoms with E-state index in [9.17, 15) is 0 Å². The molecule has 0 aromatic rings. The Kier molecular flexibility index (Phi) is 11.2. The second-order valence-electron chi connectivity index (χ2n) is 5.19. The quantitative estimate of drug-likeness (QED) is 0.514. The van der Waals surface area contributed by atoms with Gasteiger partial charge < -0.3 is 13.4 Å². The first-order valence-corrected chi connectivity index (χ1v) is 12.4. The second-order valence-corrected chi connectivity index (χ2v) is 12.6. The van der Waals surface area contributed by atoms with Crippen molar-refractivity contribution in [3.63, 3.8) is 0 Å². The van der Waals surface area contributed by atoms with Crippen molar-refractivity contribution in [1.82, 2.24) is 4.57 Å². The van der Waals surface area contributed by atoms with Gasteiger partial charge in [-0.15, -0.1) is 0 Å². The van der Waals surface area contributed by atoms with Crippen molar-refractivity contribution in [2.75, 3.05) is 26.8 Å². The summed E-state index contributed by atoms with van der Waals surface area (Å²) >= 11 is 0. The first-order chi connectivity index (χ1) is 9.10. The highest BCUT2D eigenvalue weighted by molar-refractivity contribution is 6.76. The van der Waals surface area contributed by atoms with Gasteiger partial charge in [-0.05, 0) is 58.0 Å². The number of hydrogen-bond acceptors (Lipinski definition) is 3. The van der Waals surface area contributed by atoms with Crippen LogP contribution in [0.25, 0.3) is 0 Å². The van der Waals surface area contributed by atoms with Gasteiger partial charge in [-0.3, -0.25) is 0 Å². The van der Waals surface area contributed by atoms with Crippen LogP contribution in [0.2, 0.25) is 24.2 Å². The predicted octanol–water partition coefficient (Wildman–Crippen LogP) is 3.61. The Balaban J connectivity index is 4.16. The fourth-order valence-electron chi connectivity index (χ4n) is 2.88. The first-order valence-electron chi connectivity index (χ1n) is 8.04. The fraction of sp³-hybridized carbons (Fsp3) is 1.00. The molecule has 0 aromatic heterocycles. The smallest absolute Gasteiger partial charge is 0.321 e. The molecule has 0 unspecified atom stereocenters. The van der Waals surface area contributed by atoms with Crippen LogP contribution < -0.4 is 0 Å². The van der Waals surface area contributed by atoms with Crippen molar-refractivity contribution in [2.24, 2.45) is 0 Å². The molecule has 3 nitrogen and oxygen atoms in total. The third-order valence-corrected chi connectivity index (χ3v) is 12.5. The van der Waals surface area contributed by atoms with Crippen LogP contribution in [0.5, 0.6) is 0 Å². The number of hydrogen-bond donors (Lipinski definition) is 0. The lowest BCUT2D eigenvalue weighted by Crippen LogP contribution is -2.50. The maximum atomic E-state index is 5.74. The van der Waals surface area contributed by atoms with Crippen LogP contribution in [0.3, 0.4) is 0 Å². The van der Waals surface area contributed by atoms with Crippen LogP contribution in [0, 0.1) is 0 Å². The van der Waals surface area contributed by atoms with Gasteiger partial charge in [0.15, 0.2) is 0 Å². The summed E-state index contributed by atoms with van der Waals surface area (Å²) in [6.45, 7) is 14.0. The standard InChI is InChI=1S/C14H35NO2Si2/c1-7-16-18(17-8-2)14-12-13-15(6)19(9-3,10-4)11-5/h18H,7-14H2,1-6H3. The van der Waals surface area contributed by atoms with Crippen LogP contribution in [0.1, 0.15) is 41.0 Å². The Labute approximate surface area is 123 Å². The Morgan fingerprint density at radius 1 is 0.895 bits per heavy atom. The zero-order valence-corrected chi connectivity index (χ0v) is 16.2. The van der Waals surface area contributed by atoms with E-state index in [1.165, 1.54) is 31.1 Å². The zero-order chi connectivity index (χ0) is 14.7. The third kappa shape index (κ3) is 6.53. The molecule has 0 aromatic carbocycles. The highest BCUT2D eigenvalue weighted by Gasteiger charge is 2.31. The maximum absolute atomic E-state index is 5.74. The second kappa shape index (κ2) is 11.0. The Hall–Kier alpha value is 0.314. The van der Waals surface area contributed by atoms with E-state index in [1.54, 1.807) is 0 Å². The monoisotopic (exact) mass is 305 g/mol. The van der Waals surface area contributed by atoms with Gasteiger partial charge in [0.1, 0.15) is 8.24 Å². The fourth-order valence-corrected chi connectivity index (χ4v) is 8.32. The lowest BCUT2D eigenvalue weighted by molar-refractivity contribution is 0.212. The SMILES string of the molecule is CCO[SiH](CCCN(C)[Si](CC)(CC)CC)OCC. The molecule has 116 valence electrons. The summed E-state index contributed by atoms with van der Waals surface area (Å²) in [5.41, 5.74) is 0. The summed E-state index contributed by atoms with van der Waals surface area (Å²) in [5, 5.41) is 0. The number of nitrogens with zero attached hydrogens (tertiary/aromatic N) is 1. The van der Waals surface area contributed by atoms with Crippen LogP contribution in [0.15, 0.2) is 0 Å². The summed E-state index contributed by atoms with van der Waals surface area (Å²) in [6, 6.07) is 5.25. The summed E-state index contributed by atoms with van der Waals surface area (Å²) in [5.74, 6) is 0. The van der Waals surface area contributed by atoms with Crippen molar-refractivity contribution >= 4 is 17.5 Å². The van der Waals surface area contributed by atoms with Gasteiger partial charge in [0.2, 0.25) is 0 Å². The minimum atomic E-state index is -1.38. The number of rotatable bonds is 12. The van der Waals surface area contributed by atoms with Crippen molar-refractivity contribution in [2.45, 2.75) is 65.2 Å². The van der Waals surface area contributed by atoms with Crippen molar-refractivity contribution in [3.05, 3.63) is 0 Å². The topological polar surface area (TPSA) is 21.7 Å². The van der Waals surface area contributed by atoms with Crippen LogP contribution >= 0.6 is 0 Å². The molecule has 0 atom stereocenters. The highest BCUT2D eigenvalue weighted by Crippen LogP contribution is 2.23. The van der Waals surface area contributed by atoms with Crippen LogP contribution in [-0.2, 0) is 8.85 Å². The minimum Gasteiger partial charge on any atom is -0.397 e. The van der Waals surface area contributed by atoms with Gasteiger partial charge in [-0.25, -0.2) is 0 Å². The largest absolute Gasteiger partial charge is 0.397 e. The van der Waals surface area contributed by atoms with Crippen molar-refractivity contribution < 1.29 is 8.85 Å². The lowest BCUT2D eigenvalue weighted by atomic mass is 10.5. The van der Waals surface area contributed by atoms with Gasteiger partial charge in [-0.1, -0.05) is 20.8 Å². The molecule has 0 saturated heterocycles. The molecule has 0 radical (unpaired) electrons. The summed E-state index contributed by atoms with van der Waals surface area (Å²) in [6.07, 6.45) is 1.22. The van der Waals surface area contributed by atoms with E-state index in [2.05, 4.69) is 46.2 Å². The molecular weight excluding hydrogens is 270 g/mol. The maximum Gasteiger partial charge on any atom is 0.321 e. The van der Waals surface area contributed by atoms with E-state index in [0.29, 0.717) is 0 Å². The molecule has 0 N–H and O–H groups in total. The Morgan fingerprint density at radius 2 is 1.37 bits per heavy atom. The first kappa shape index (κ1) is 19.3. The molecule has 0 amide bonds. The third-order valence-electron chi connectivity index (χ3n) is 4.42. The average Bonchev–Trinajstić information content (AvgIpc) is 2.42. The summed E-state index contributed by atoms with van der Waals surface area (Å²) in [4.78, 5) is 0. The molecular formula is C14H35NO2Si2. The normalized spacial score (nSPS) is 12.6. The Morgan fingerprint density at radius 3 is 1.74 bits per heavy atom. The molecule has 0 fully saturated rings. The summed E-state index contributed by atoms with van der Waals surface area (Å²) < 4.78 is 14.2. The molecule has 19 heavy (non-hydrogen) atoms. The predicted molar refractivity (Wildman–Crippen MR) is 89.7 cm³/mol. The van der Waals surface area contributed by atoms with Crippen molar-refractivity contribution in [3.8, 4) is 0 Å². The van der Waals surface area contributed by atoms with Gasteiger partial charge in [0.05, 0.1) is 0 Å². The Bertz CT molecular complexity index is 199. The average molecular weight is 306 g/mol. The van der Waals surface area contributed by atoms with Gasteiger partial charge in [-0.2, -0.15) is 0 Å². The molecule has 5 heteroatoms. The lowest BCUT2D eigenvalue weighted by Gasteiger charge is -2.38. The van der Waals surface area contributed by atoms with Gasteiger partial charge in [0.25, 0.3) is 0 Å². The van der Waals surface area contributed by atoms with E-state index in [0.717, 1.165) is 19.3 Å². The molecule has 0 aliphatic carbocycles. The van der Waals surface area contributed by atoms with Gasteiger partial charge in [0, 0.05) is 13.2 Å². The minimum absolute atomic E-state index is 0.796. The van der Waals surface area contributed by atoms with E-state index in [4.69, 9.17) is 8.85 Å². The molecule has 0 saturated carbocycles. The van der Waals surface area contributed by atoms with E-state index >= 15 is 0 Å². The molecule has 0 aliphatic heterocycles. The van der Waals surface area contributed by atoms with Gasteiger partial charge >= 0.3 is 9.28 Å². The molecule has 0 bridgehead atoms. The van der Waals surface area contributed by atoms with Crippen molar-refractivity contribution in [1.29, 1.82) is 0 Å². The van der Waals surface area contributed by atoms with E-state index < -0.39 is 17.5 Å². The zero-order valence-electron chi connectivity index (χ0n) is 14.0. The molecule has 0 spiro atoms. The highest BCUT2D eigenvalue weighted by atomic mass is 28.3. The van der Waals surface area contributed by atoms with Crippen LogP contribution in [-0.4, -0.2) is 48.9 Å². The molecule has 0 aliphatic rings. The van der Waals surface area contributed by atoms with E-state index in [-0.39, 0.29) is 0 Å². The summed E-state index contributed by atoms with van der Waals surface area (Å²) in [7, 11) is -0.213. The van der Waals surface area contributed by atoms with E-state index in [1.807, 2.05) is 0 Å².